The van der Waals surface area contributed by atoms with Crippen molar-refractivity contribution in [1.82, 2.24) is 9.55 Å². The SMILES string of the molecule is CC(=Cc1ccccc1)C(=O)n1cnc2cc(C)c(C)cc21. The van der Waals surface area contributed by atoms with Crippen molar-refractivity contribution in [2.45, 2.75) is 20.8 Å². The van der Waals surface area contributed by atoms with Gasteiger partial charge in [0, 0.05) is 5.57 Å². The molecule has 1 aromatic heterocycles. The Morgan fingerprint density at radius 3 is 2.50 bits per heavy atom. The lowest BCUT2D eigenvalue weighted by atomic mass is 10.1. The number of hydrogen-bond acceptors (Lipinski definition) is 2. The number of allylic oxidation sites excluding steroid dienone is 1. The molecule has 0 fully saturated rings. The van der Waals surface area contributed by atoms with E-state index in [0.717, 1.165) is 22.2 Å². The molecule has 0 saturated carbocycles. The first kappa shape index (κ1) is 14.3. The van der Waals surface area contributed by atoms with Crippen molar-refractivity contribution in [2.75, 3.05) is 0 Å². The molecule has 0 bridgehead atoms. The first-order chi connectivity index (χ1) is 10.6. The van der Waals surface area contributed by atoms with Gasteiger partial charge in [0.25, 0.3) is 5.91 Å². The minimum Gasteiger partial charge on any atom is -0.269 e. The van der Waals surface area contributed by atoms with Crippen molar-refractivity contribution < 1.29 is 4.79 Å². The number of imidazole rings is 1. The van der Waals surface area contributed by atoms with Gasteiger partial charge in [0.1, 0.15) is 6.33 Å². The molecule has 22 heavy (non-hydrogen) atoms. The molecule has 110 valence electrons. The fourth-order valence-electron chi connectivity index (χ4n) is 2.48. The smallest absolute Gasteiger partial charge is 0.259 e. The molecular formula is C19H18N2O. The number of carbonyl (C=O) groups is 1. The second kappa shape index (κ2) is 5.60. The zero-order chi connectivity index (χ0) is 15.7. The maximum absolute atomic E-state index is 12.7. The third-order valence-corrected chi connectivity index (χ3v) is 3.90. The van der Waals surface area contributed by atoms with E-state index in [4.69, 9.17) is 0 Å². The second-order valence-corrected chi connectivity index (χ2v) is 5.58. The molecule has 3 aromatic rings. The summed E-state index contributed by atoms with van der Waals surface area (Å²) in [5.41, 5.74) is 5.75. The van der Waals surface area contributed by atoms with Crippen LogP contribution in [0.2, 0.25) is 0 Å². The first-order valence-electron chi connectivity index (χ1n) is 7.28. The zero-order valence-electron chi connectivity index (χ0n) is 13.0. The molecule has 1 heterocycles. The van der Waals surface area contributed by atoms with Gasteiger partial charge in [-0.15, -0.1) is 0 Å². The van der Waals surface area contributed by atoms with Crippen LogP contribution in [0.1, 0.15) is 28.4 Å². The fourth-order valence-corrected chi connectivity index (χ4v) is 2.48. The molecule has 3 nitrogen and oxygen atoms in total. The van der Waals surface area contributed by atoms with Gasteiger partial charge in [0.05, 0.1) is 11.0 Å². The number of rotatable bonds is 2. The molecule has 0 saturated heterocycles. The summed E-state index contributed by atoms with van der Waals surface area (Å²) in [4.78, 5) is 17.0. The monoisotopic (exact) mass is 290 g/mol. The van der Waals surface area contributed by atoms with Crippen molar-refractivity contribution in [3.63, 3.8) is 0 Å². The van der Waals surface area contributed by atoms with E-state index in [1.54, 1.807) is 10.9 Å². The van der Waals surface area contributed by atoms with E-state index in [9.17, 15) is 4.79 Å². The Morgan fingerprint density at radius 1 is 1.09 bits per heavy atom. The lowest BCUT2D eigenvalue weighted by Crippen LogP contribution is -2.10. The van der Waals surface area contributed by atoms with Gasteiger partial charge >= 0.3 is 0 Å². The van der Waals surface area contributed by atoms with Crippen LogP contribution in [0.5, 0.6) is 0 Å². The summed E-state index contributed by atoms with van der Waals surface area (Å²) < 4.78 is 1.62. The average molecular weight is 290 g/mol. The van der Waals surface area contributed by atoms with Gasteiger partial charge in [-0.05, 0) is 55.7 Å². The Bertz CT molecular complexity index is 873. The molecular weight excluding hydrogens is 272 g/mol. The maximum Gasteiger partial charge on any atom is 0.259 e. The Kier molecular flexibility index (Phi) is 3.63. The van der Waals surface area contributed by atoms with E-state index in [-0.39, 0.29) is 5.91 Å². The molecule has 0 atom stereocenters. The Hall–Kier alpha value is -2.68. The average Bonchev–Trinajstić information content (AvgIpc) is 2.90. The van der Waals surface area contributed by atoms with E-state index >= 15 is 0 Å². The summed E-state index contributed by atoms with van der Waals surface area (Å²) in [7, 11) is 0. The molecule has 0 aliphatic carbocycles. The first-order valence-corrected chi connectivity index (χ1v) is 7.28. The highest BCUT2D eigenvalue weighted by molar-refractivity contribution is 6.03. The van der Waals surface area contributed by atoms with Crippen LogP contribution in [0, 0.1) is 13.8 Å². The minimum atomic E-state index is -0.0467. The van der Waals surface area contributed by atoms with Crippen molar-refractivity contribution in [2.24, 2.45) is 0 Å². The molecule has 2 aromatic carbocycles. The van der Waals surface area contributed by atoms with Gasteiger partial charge in [-0.25, -0.2) is 4.98 Å². The van der Waals surface area contributed by atoms with Crippen molar-refractivity contribution in [1.29, 1.82) is 0 Å². The second-order valence-electron chi connectivity index (χ2n) is 5.58. The number of hydrogen-bond donors (Lipinski definition) is 0. The number of fused-ring (bicyclic) bond motifs is 1. The summed E-state index contributed by atoms with van der Waals surface area (Å²) in [6.07, 6.45) is 3.50. The molecule has 0 aliphatic rings. The van der Waals surface area contributed by atoms with E-state index in [1.165, 1.54) is 5.56 Å². The van der Waals surface area contributed by atoms with E-state index in [0.29, 0.717) is 5.57 Å². The van der Waals surface area contributed by atoms with E-state index in [1.807, 2.05) is 62.4 Å². The summed E-state index contributed by atoms with van der Waals surface area (Å²) in [5, 5.41) is 0. The van der Waals surface area contributed by atoms with E-state index < -0.39 is 0 Å². The third kappa shape index (κ3) is 2.58. The quantitative estimate of drug-likeness (QED) is 0.656. The van der Waals surface area contributed by atoms with Gasteiger partial charge in [0.2, 0.25) is 0 Å². The van der Waals surface area contributed by atoms with Gasteiger partial charge in [-0.3, -0.25) is 9.36 Å². The van der Waals surface area contributed by atoms with Crippen LogP contribution >= 0.6 is 0 Å². The predicted octanol–water partition coefficient (Wildman–Crippen LogP) is 4.40. The third-order valence-electron chi connectivity index (χ3n) is 3.90. The lowest BCUT2D eigenvalue weighted by molar-refractivity contribution is 0.0961. The summed E-state index contributed by atoms with van der Waals surface area (Å²) in [5.74, 6) is -0.0467. The van der Waals surface area contributed by atoms with Crippen molar-refractivity contribution >= 4 is 23.0 Å². The Balaban J connectivity index is 2.02. The van der Waals surface area contributed by atoms with Crippen LogP contribution < -0.4 is 0 Å². The molecule has 0 spiro atoms. The fraction of sp³-hybridized carbons (Fsp3) is 0.158. The van der Waals surface area contributed by atoms with Gasteiger partial charge in [0.15, 0.2) is 0 Å². The largest absolute Gasteiger partial charge is 0.269 e. The number of aryl methyl sites for hydroxylation is 2. The van der Waals surface area contributed by atoms with Crippen LogP contribution in [0.3, 0.4) is 0 Å². The highest BCUT2D eigenvalue weighted by Gasteiger charge is 2.12. The number of nitrogens with zero attached hydrogens (tertiary/aromatic N) is 2. The molecule has 0 N–H and O–H groups in total. The highest BCUT2D eigenvalue weighted by atomic mass is 16.2. The predicted molar refractivity (Wildman–Crippen MR) is 89.9 cm³/mol. The number of aromatic nitrogens is 2. The Morgan fingerprint density at radius 2 is 1.77 bits per heavy atom. The summed E-state index contributed by atoms with van der Waals surface area (Å²) in [6.45, 7) is 5.93. The number of carbonyl (C=O) groups excluding carboxylic acids is 1. The number of benzene rings is 2. The maximum atomic E-state index is 12.7. The topological polar surface area (TPSA) is 34.9 Å². The van der Waals surface area contributed by atoms with Crippen LogP contribution in [0.4, 0.5) is 0 Å². The summed E-state index contributed by atoms with van der Waals surface area (Å²) in [6, 6.07) is 13.9. The molecule has 0 amide bonds. The van der Waals surface area contributed by atoms with Gasteiger partial charge in [-0.1, -0.05) is 30.3 Å². The molecule has 3 rings (SSSR count). The molecule has 0 aliphatic heterocycles. The van der Waals surface area contributed by atoms with Crippen LogP contribution in [0.25, 0.3) is 17.1 Å². The summed E-state index contributed by atoms with van der Waals surface area (Å²) >= 11 is 0. The Labute approximate surface area is 129 Å². The van der Waals surface area contributed by atoms with E-state index in [2.05, 4.69) is 11.9 Å². The van der Waals surface area contributed by atoms with Crippen molar-refractivity contribution in [3.8, 4) is 0 Å². The van der Waals surface area contributed by atoms with Gasteiger partial charge in [-0.2, -0.15) is 0 Å². The molecule has 3 heteroatoms. The normalized spacial score (nSPS) is 11.9. The minimum absolute atomic E-state index is 0.0467. The van der Waals surface area contributed by atoms with Crippen LogP contribution in [-0.4, -0.2) is 15.5 Å². The molecule has 0 radical (unpaired) electrons. The zero-order valence-corrected chi connectivity index (χ0v) is 13.0. The van der Waals surface area contributed by atoms with Crippen molar-refractivity contribution in [3.05, 3.63) is 71.1 Å². The highest BCUT2D eigenvalue weighted by Crippen LogP contribution is 2.20. The standard InChI is InChI=1S/C19H18N2O/c1-13-10-17-18(11-14(13)2)21(12-20-17)19(22)15(3)9-16-7-5-4-6-8-16/h4-12H,1-3H3. The van der Waals surface area contributed by atoms with Gasteiger partial charge < -0.3 is 0 Å². The molecule has 0 unspecified atom stereocenters. The van der Waals surface area contributed by atoms with Crippen LogP contribution in [-0.2, 0) is 0 Å². The van der Waals surface area contributed by atoms with Crippen LogP contribution in [0.15, 0.2) is 54.4 Å². The lowest BCUT2D eigenvalue weighted by Gasteiger charge is -2.05.